The van der Waals surface area contributed by atoms with Crippen molar-refractivity contribution in [2.24, 2.45) is 0 Å². The topological polar surface area (TPSA) is 30.9 Å². The summed E-state index contributed by atoms with van der Waals surface area (Å²) in [5.74, 6) is 0. The van der Waals surface area contributed by atoms with E-state index in [0.717, 1.165) is 23.4 Å². The number of nitrogens with two attached hydrogens (primary N) is 1. The van der Waals surface area contributed by atoms with Gasteiger partial charge in [-0.15, -0.1) is 0 Å². The standard InChI is InChI=1S/C13H13F3N2/c1-8-3-9(2)18(7-8)12-5-10(13(14,15)16)4-11(17)6-12/h3-7H,17H2,1-2H3. The van der Waals surface area contributed by atoms with Crippen LogP contribution >= 0.6 is 0 Å². The number of rotatable bonds is 1. The lowest BCUT2D eigenvalue weighted by molar-refractivity contribution is -0.137. The van der Waals surface area contributed by atoms with Gasteiger partial charge in [0.25, 0.3) is 0 Å². The van der Waals surface area contributed by atoms with Crippen LogP contribution in [0.4, 0.5) is 18.9 Å². The van der Waals surface area contributed by atoms with E-state index in [1.807, 2.05) is 19.9 Å². The van der Waals surface area contributed by atoms with Crippen molar-refractivity contribution in [3.8, 4) is 5.69 Å². The summed E-state index contributed by atoms with van der Waals surface area (Å²) in [4.78, 5) is 0. The van der Waals surface area contributed by atoms with Crippen molar-refractivity contribution in [3.63, 3.8) is 0 Å². The van der Waals surface area contributed by atoms with Crippen LogP contribution in [0.25, 0.3) is 5.69 Å². The monoisotopic (exact) mass is 254 g/mol. The summed E-state index contributed by atoms with van der Waals surface area (Å²) in [5, 5.41) is 0. The third-order valence-corrected chi connectivity index (χ3v) is 2.69. The number of benzene rings is 1. The van der Waals surface area contributed by atoms with Crippen molar-refractivity contribution in [3.05, 3.63) is 47.3 Å². The van der Waals surface area contributed by atoms with Gasteiger partial charge in [-0.1, -0.05) is 0 Å². The lowest BCUT2D eigenvalue weighted by atomic mass is 10.1. The fourth-order valence-electron chi connectivity index (χ4n) is 1.96. The van der Waals surface area contributed by atoms with Gasteiger partial charge in [-0.05, 0) is 43.7 Å². The Labute approximate surface area is 103 Å². The predicted octanol–water partition coefficient (Wildman–Crippen LogP) is 3.70. The molecule has 0 spiro atoms. The minimum absolute atomic E-state index is 0.102. The van der Waals surface area contributed by atoms with E-state index in [2.05, 4.69) is 0 Å². The molecular formula is C13H13F3N2. The van der Waals surface area contributed by atoms with Crippen LogP contribution in [-0.2, 0) is 6.18 Å². The SMILES string of the molecule is Cc1cc(C)n(-c2cc(N)cc(C(F)(F)F)c2)c1. The summed E-state index contributed by atoms with van der Waals surface area (Å²) in [6, 6.07) is 5.47. The molecule has 0 aliphatic rings. The van der Waals surface area contributed by atoms with Gasteiger partial charge in [-0.25, -0.2) is 0 Å². The first-order valence-electron chi connectivity index (χ1n) is 5.41. The lowest BCUT2D eigenvalue weighted by Crippen LogP contribution is -2.07. The Morgan fingerprint density at radius 2 is 1.72 bits per heavy atom. The van der Waals surface area contributed by atoms with E-state index in [4.69, 9.17) is 5.73 Å². The van der Waals surface area contributed by atoms with Crippen molar-refractivity contribution >= 4 is 5.69 Å². The second kappa shape index (κ2) is 4.08. The van der Waals surface area contributed by atoms with E-state index in [-0.39, 0.29) is 5.69 Å². The molecular weight excluding hydrogens is 241 g/mol. The van der Waals surface area contributed by atoms with E-state index < -0.39 is 11.7 Å². The number of hydrogen-bond donors (Lipinski definition) is 1. The fraction of sp³-hybridized carbons (Fsp3) is 0.231. The highest BCUT2D eigenvalue weighted by Gasteiger charge is 2.31. The van der Waals surface area contributed by atoms with Gasteiger partial charge < -0.3 is 10.3 Å². The maximum atomic E-state index is 12.7. The van der Waals surface area contributed by atoms with E-state index >= 15 is 0 Å². The maximum absolute atomic E-state index is 12.7. The summed E-state index contributed by atoms with van der Waals surface area (Å²) in [6.07, 6.45) is -2.61. The van der Waals surface area contributed by atoms with Crippen LogP contribution in [-0.4, -0.2) is 4.57 Å². The Bertz CT molecular complexity index is 582. The minimum atomic E-state index is -4.39. The van der Waals surface area contributed by atoms with Gasteiger partial charge in [-0.3, -0.25) is 0 Å². The molecule has 18 heavy (non-hydrogen) atoms. The van der Waals surface area contributed by atoms with Gasteiger partial charge in [0.15, 0.2) is 0 Å². The predicted molar refractivity (Wildman–Crippen MR) is 64.7 cm³/mol. The van der Waals surface area contributed by atoms with Crippen LogP contribution in [0, 0.1) is 13.8 Å². The Morgan fingerprint density at radius 1 is 1.06 bits per heavy atom. The van der Waals surface area contributed by atoms with E-state index in [1.54, 1.807) is 10.8 Å². The van der Waals surface area contributed by atoms with Gasteiger partial charge in [0.1, 0.15) is 0 Å². The number of aryl methyl sites for hydroxylation is 2. The second-order valence-electron chi connectivity index (χ2n) is 4.34. The number of halogens is 3. The van der Waals surface area contributed by atoms with E-state index in [9.17, 15) is 13.2 Å². The maximum Gasteiger partial charge on any atom is 0.416 e. The summed E-state index contributed by atoms with van der Waals surface area (Å²) >= 11 is 0. The van der Waals surface area contributed by atoms with E-state index in [1.165, 1.54) is 6.07 Å². The average molecular weight is 254 g/mol. The van der Waals surface area contributed by atoms with Gasteiger partial charge >= 0.3 is 6.18 Å². The zero-order valence-electron chi connectivity index (χ0n) is 10.0. The molecule has 1 heterocycles. The zero-order chi connectivity index (χ0) is 13.5. The van der Waals surface area contributed by atoms with Crippen molar-refractivity contribution < 1.29 is 13.2 Å². The Hall–Kier alpha value is -1.91. The molecule has 2 aromatic rings. The molecule has 2 nitrogen and oxygen atoms in total. The van der Waals surface area contributed by atoms with Gasteiger partial charge in [-0.2, -0.15) is 13.2 Å². The number of aromatic nitrogens is 1. The molecule has 0 radical (unpaired) electrons. The first kappa shape index (κ1) is 12.5. The highest BCUT2D eigenvalue weighted by atomic mass is 19.4. The Kier molecular flexibility index (Phi) is 2.84. The number of nitrogen functional groups attached to an aromatic ring is 1. The number of anilines is 1. The highest BCUT2D eigenvalue weighted by Crippen LogP contribution is 2.32. The molecule has 0 amide bonds. The molecule has 0 unspecified atom stereocenters. The van der Waals surface area contributed by atoms with Crippen LogP contribution in [0.5, 0.6) is 0 Å². The normalized spacial score (nSPS) is 11.8. The molecule has 1 aromatic carbocycles. The van der Waals surface area contributed by atoms with Crippen LogP contribution in [0.1, 0.15) is 16.8 Å². The third kappa shape index (κ3) is 2.34. The van der Waals surface area contributed by atoms with Crippen LogP contribution in [0.2, 0.25) is 0 Å². The molecule has 0 saturated heterocycles. The number of alkyl halides is 3. The van der Waals surface area contributed by atoms with Gasteiger partial charge in [0, 0.05) is 23.3 Å². The van der Waals surface area contributed by atoms with Crippen LogP contribution in [0.15, 0.2) is 30.5 Å². The molecule has 0 atom stereocenters. The molecule has 0 aliphatic heterocycles. The summed E-state index contributed by atoms with van der Waals surface area (Å²) in [6.45, 7) is 3.73. The third-order valence-electron chi connectivity index (χ3n) is 2.69. The van der Waals surface area contributed by atoms with Crippen molar-refractivity contribution in [2.45, 2.75) is 20.0 Å². The van der Waals surface area contributed by atoms with Crippen molar-refractivity contribution in [2.75, 3.05) is 5.73 Å². The fourth-order valence-corrected chi connectivity index (χ4v) is 1.96. The first-order valence-corrected chi connectivity index (χ1v) is 5.41. The average Bonchev–Trinajstić information content (AvgIpc) is 2.55. The van der Waals surface area contributed by atoms with Crippen molar-refractivity contribution in [1.29, 1.82) is 0 Å². The quantitative estimate of drug-likeness (QED) is 0.773. The molecule has 96 valence electrons. The van der Waals surface area contributed by atoms with Crippen LogP contribution in [0.3, 0.4) is 0 Å². The zero-order valence-corrected chi connectivity index (χ0v) is 10.0. The lowest BCUT2D eigenvalue weighted by Gasteiger charge is -2.12. The molecule has 2 rings (SSSR count). The second-order valence-corrected chi connectivity index (χ2v) is 4.34. The summed E-state index contributed by atoms with van der Waals surface area (Å²) < 4.78 is 39.8. The number of nitrogens with zero attached hydrogens (tertiary/aromatic N) is 1. The van der Waals surface area contributed by atoms with E-state index in [0.29, 0.717) is 5.69 Å². The van der Waals surface area contributed by atoms with Gasteiger partial charge in [0.05, 0.1) is 5.56 Å². The Morgan fingerprint density at radius 3 is 2.22 bits per heavy atom. The smallest absolute Gasteiger partial charge is 0.399 e. The molecule has 5 heteroatoms. The molecule has 0 fully saturated rings. The first-order chi connectivity index (χ1) is 8.27. The molecule has 1 aromatic heterocycles. The molecule has 0 saturated carbocycles. The highest BCUT2D eigenvalue weighted by molar-refractivity contribution is 5.52. The minimum Gasteiger partial charge on any atom is -0.399 e. The molecule has 0 bridgehead atoms. The summed E-state index contributed by atoms with van der Waals surface area (Å²) in [5.41, 5.74) is 7.19. The number of hydrogen-bond acceptors (Lipinski definition) is 1. The Balaban J connectivity index is 2.59. The van der Waals surface area contributed by atoms with Gasteiger partial charge in [0.2, 0.25) is 0 Å². The van der Waals surface area contributed by atoms with Crippen LogP contribution < -0.4 is 5.73 Å². The molecule has 0 aliphatic carbocycles. The summed E-state index contributed by atoms with van der Waals surface area (Å²) in [7, 11) is 0. The molecule has 2 N–H and O–H groups in total. The van der Waals surface area contributed by atoms with Crippen molar-refractivity contribution in [1.82, 2.24) is 4.57 Å². The largest absolute Gasteiger partial charge is 0.416 e.